The molecule has 0 aromatic rings. The highest BCUT2D eigenvalue weighted by atomic mass is 19.1. The zero-order valence-corrected chi connectivity index (χ0v) is 9.54. The Morgan fingerprint density at radius 1 is 1.56 bits per heavy atom. The fourth-order valence-corrected chi connectivity index (χ4v) is 2.66. The Morgan fingerprint density at radius 3 is 2.94 bits per heavy atom. The molecule has 0 aromatic heterocycles. The Labute approximate surface area is 94.9 Å². The van der Waals surface area contributed by atoms with Crippen LogP contribution in [-0.4, -0.2) is 44.4 Å². The molecule has 1 heterocycles. The average Bonchev–Trinajstić information content (AvgIpc) is 2.82. The Balaban J connectivity index is 1.71. The zero-order valence-electron chi connectivity index (χ0n) is 9.54. The largest absolute Gasteiger partial charge is 0.385 e. The summed E-state index contributed by atoms with van der Waals surface area (Å²) in [6.45, 7) is 1.28. The second-order valence-corrected chi connectivity index (χ2v) is 4.64. The summed E-state index contributed by atoms with van der Waals surface area (Å²) in [5.74, 6) is 0.193. The SMILES string of the molecule is COCCCNC(=O)[C@H]1N[C@H]2C[C@H]1C[C@@H]2F. The first-order valence-corrected chi connectivity index (χ1v) is 5.89. The minimum atomic E-state index is -0.762. The van der Waals surface area contributed by atoms with Crippen molar-refractivity contribution in [3.05, 3.63) is 0 Å². The zero-order chi connectivity index (χ0) is 11.5. The van der Waals surface area contributed by atoms with Crippen molar-refractivity contribution < 1.29 is 13.9 Å². The van der Waals surface area contributed by atoms with Crippen molar-refractivity contribution in [2.24, 2.45) is 5.92 Å². The molecule has 1 aliphatic carbocycles. The van der Waals surface area contributed by atoms with Crippen molar-refractivity contribution in [2.45, 2.75) is 37.5 Å². The first-order valence-electron chi connectivity index (χ1n) is 5.89. The van der Waals surface area contributed by atoms with Gasteiger partial charge in [-0.3, -0.25) is 10.1 Å². The summed E-state index contributed by atoms with van der Waals surface area (Å²) < 4.78 is 18.1. The van der Waals surface area contributed by atoms with Crippen molar-refractivity contribution >= 4 is 5.91 Å². The van der Waals surface area contributed by atoms with E-state index in [1.165, 1.54) is 0 Å². The minimum Gasteiger partial charge on any atom is -0.385 e. The number of methoxy groups -OCH3 is 1. The summed E-state index contributed by atoms with van der Waals surface area (Å²) >= 11 is 0. The molecular formula is C11H19FN2O2. The molecule has 4 atom stereocenters. The van der Waals surface area contributed by atoms with E-state index < -0.39 is 6.17 Å². The van der Waals surface area contributed by atoms with Gasteiger partial charge in [0.05, 0.1) is 6.04 Å². The van der Waals surface area contributed by atoms with Crippen molar-refractivity contribution in [1.29, 1.82) is 0 Å². The molecule has 2 rings (SSSR count). The summed E-state index contributed by atoms with van der Waals surface area (Å²) in [7, 11) is 1.64. The lowest BCUT2D eigenvalue weighted by Gasteiger charge is -2.24. The maximum atomic E-state index is 13.2. The molecular weight excluding hydrogens is 211 g/mol. The van der Waals surface area contributed by atoms with Gasteiger partial charge in [-0.05, 0) is 25.2 Å². The third-order valence-corrected chi connectivity index (χ3v) is 3.49. The van der Waals surface area contributed by atoms with Crippen LogP contribution in [-0.2, 0) is 9.53 Å². The van der Waals surface area contributed by atoms with Crippen molar-refractivity contribution in [1.82, 2.24) is 10.6 Å². The number of halogens is 1. The maximum Gasteiger partial charge on any atom is 0.237 e. The quantitative estimate of drug-likeness (QED) is 0.665. The Bertz CT molecular complexity index is 260. The van der Waals surface area contributed by atoms with E-state index in [0.29, 0.717) is 19.6 Å². The van der Waals surface area contributed by atoms with Crippen LogP contribution in [0.15, 0.2) is 0 Å². The van der Waals surface area contributed by atoms with Gasteiger partial charge in [-0.15, -0.1) is 0 Å². The van der Waals surface area contributed by atoms with Crippen LogP contribution >= 0.6 is 0 Å². The summed E-state index contributed by atoms with van der Waals surface area (Å²) in [4.78, 5) is 11.8. The van der Waals surface area contributed by atoms with Crippen LogP contribution in [0.4, 0.5) is 4.39 Å². The Morgan fingerprint density at radius 2 is 2.38 bits per heavy atom. The normalized spacial score (nSPS) is 36.6. The highest BCUT2D eigenvalue weighted by molar-refractivity contribution is 5.82. The van der Waals surface area contributed by atoms with Gasteiger partial charge in [0, 0.05) is 26.3 Å². The molecule has 0 aromatic carbocycles. The molecule has 0 radical (unpaired) electrons. The monoisotopic (exact) mass is 230 g/mol. The molecule has 2 bridgehead atoms. The van der Waals surface area contributed by atoms with E-state index >= 15 is 0 Å². The van der Waals surface area contributed by atoms with Gasteiger partial charge in [0.2, 0.25) is 5.91 Å². The minimum absolute atomic E-state index is 0.00973. The van der Waals surface area contributed by atoms with Crippen LogP contribution in [0, 0.1) is 5.92 Å². The number of alkyl halides is 1. The van der Waals surface area contributed by atoms with Crippen LogP contribution in [0.1, 0.15) is 19.3 Å². The van der Waals surface area contributed by atoms with Crippen molar-refractivity contribution in [3.63, 3.8) is 0 Å². The van der Waals surface area contributed by atoms with E-state index in [-0.39, 0.29) is 23.9 Å². The van der Waals surface area contributed by atoms with Crippen molar-refractivity contribution in [3.8, 4) is 0 Å². The van der Waals surface area contributed by atoms with Gasteiger partial charge in [-0.25, -0.2) is 4.39 Å². The van der Waals surface area contributed by atoms with Gasteiger partial charge in [0.15, 0.2) is 0 Å². The van der Waals surface area contributed by atoms with Gasteiger partial charge in [-0.2, -0.15) is 0 Å². The predicted octanol–water partition coefficient (Wildman–Crippen LogP) is 0.228. The summed E-state index contributed by atoms with van der Waals surface area (Å²) in [5, 5.41) is 5.92. The first kappa shape index (κ1) is 11.8. The lowest BCUT2D eigenvalue weighted by molar-refractivity contribution is -0.124. The smallest absolute Gasteiger partial charge is 0.237 e. The van der Waals surface area contributed by atoms with Crippen LogP contribution in [0.5, 0.6) is 0 Å². The summed E-state index contributed by atoms with van der Waals surface area (Å²) in [6.07, 6.45) is 1.39. The van der Waals surface area contributed by atoms with Crippen LogP contribution in [0.3, 0.4) is 0 Å². The Hall–Kier alpha value is -0.680. The second kappa shape index (κ2) is 5.10. The molecule has 2 N–H and O–H groups in total. The highest BCUT2D eigenvalue weighted by Gasteiger charge is 2.48. The van der Waals surface area contributed by atoms with Crippen molar-refractivity contribution in [2.75, 3.05) is 20.3 Å². The van der Waals surface area contributed by atoms with Gasteiger partial charge in [-0.1, -0.05) is 0 Å². The molecule has 1 saturated heterocycles. The average molecular weight is 230 g/mol. The molecule has 92 valence electrons. The van der Waals surface area contributed by atoms with Gasteiger partial charge >= 0.3 is 0 Å². The molecule has 2 aliphatic rings. The van der Waals surface area contributed by atoms with Crippen LogP contribution < -0.4 is 10.6 Å². The van der Waals surface area contributed by atoms with Gasteiger partial charge in [0.1, 0.15) is 6.17 Å². The van der Waals surface area contributed by atoms with E-state index in [4.69, 9.17) is 4.74 Å². The van der Waals surface area contributed by atoms with Crippen LogP contribution in [0.25, 0.3) is 0 Å². The molecule has 1 aliphatic heterocycles. The van der Waals surface area contributed by atoms with E-state index in [0.717, 1.165) is 12.8 Å². The Kier molecular flexibility index (Phi) is 3.76. The standard InChI is InChI=1S/C11H19FN2O2/c1-16-4-2-3-13-11(15)10-7-5-8(12)9(6-7)14-10/h7-10,14H,2-6H2,1H3,(H,13,15)/t7-,8+,9+,10+/m1/s1. The molecule has 0 unspecified atom stereocenters. The maximum absolute atomic E-state index is 13.2. The first-order chi connectivity index (χ1) is 7.72. The number of ether oxygens (including phenoxy) is 1. The van der Waals surface area contributed by atoms with E-state index in [1.54, 1.807) is 7.11 Å². The van der Waals surface area contributed by atoms with Gasteiger partial charge < -0.3 is 10.1 Å². The molecule has 5 heteroatoms. The third kappa shape index (κ3) is 2.35. The molecule has 0 spiro atoms. The van der Waals surface area contributed by atoms with Crippen LogP contribution in [0.2, 0.25) is 0 Å². The van der Waals surface area contributed by atoms with E-state index in [2.05, 4.69) is 10.6 Å². The lowest BCUT2D eigenvalue weighted by Crippen LogP contribution is -2.50. The van der Waals surface area contributed by atoms with E-state index in [9.17, 15) is 9.18 Å². The predicted molar refractivity (Wildman–Crippen MR) is 57.8 cm³/mol. The molecule has 2 fully saturated rings. The fraction of sp³-hybridized carbons (Fsp3) is 0.909. The number of nitrogens with one attached hydrogen (secondary N) is 2. The van der Waals surface area contributed by atoms with Gasteiger partial charge in [0.25, 0.3) is 0 Å². The number of amides is 1. The second-order valence-electron chi connectivity index (χ2n) is 4.64. The fourth-order valence-electron chi connectivity index (χ4n) is 2.66. The summed E-state index contributed by atoms with van der Waals surface area (Å²) in [5.41, 5.74) is 0. The number of rotatable bonds is 5. The molecule has 4 nitrogen and oxygen atoms in total. The van der Waals surface area contributed by atoms with E-state index in [1.807, 2.05) is 0 Å². The molecule has 1 amide bonds. The molecule has 16 heavy (non-hydrogen) atoms. The summed E-state index contributed by atoms with van der Waals surface area (Å²) in [6, 6.07) is -0.278. The lowest BCUT2D eigenvalue weighted by atomic mass is 9.99. The third-order valence-electron chi connectivity index (χ3n) is 3.49. The topological polar surface area (TPSA) is 50.4 Å². The highest BCUT2D eigenvalue weighted by Crippen LogP contribution is 2.37. The number of piperidine rings is 1. The number of hydrogen-bond donors (Lipinski definition) is 2. The number of fused-ring (bicyclic) bond motifs is 2. The molecule has 1 saturated carbocycles. The number of carbonyl (C=O) groups is 1. The number of hydrogen-bond acceptors (Lipinski definition) is 3. The number of carbonyl (C=O) groups excluding carboxylic acids is 1.